The molecule has 1 N–H and O–H groups in total. The molecule has 1 aliphatic rings. The first-order chi connectivity index (χ1) is 15.2. The van der Waals surface area contributed by atoms with Crippen molar-refractivity contribution in [1.82, 2.24) is 25.2 Å². The van der Waals surface area contributed by atoms with Crippen LogP contribution in [-0.4, -0.2) is 36.9 Å². The van der Waals surface area contributed by atoms with Crippen molar-refractivity contribution in [3.8, 4) is 0 Å². The SMILES string of the molecule is Cc1nnnn1/C(=N/OCc1csc(NC(=O)C=C2CCCCC2)n1)c1ccccc1. The maximum absolute atomic E-state index is 12.2. The van der Waals surface area contributed by atoms with Gasteiger partial charge in [0.2, 0.25) is 11.7 Å². The van der Waals surface area contributed by atoms with Crippen molar-refractivity contribution >= 4 is 28.2 Å². The van der Waals surface area contributed by atoms with Crippen LogP contribution < -0.4 is 5.32 Å². The number of tetrazole rings is 1. The van der Waals surface area contributed by atoms with E-state index in [0.29, 0.717) is 22.5 Å². The molecule has 2 aromatic heterocycles. The second-order valence-electron chi connectivity index (χ2n) is 7.19. The number of nitrogens with zero attached hydrogens (tertiary/aromatic N) is 6. The minimum atomic E-state index is -0.128. The van der Waals surface area contributed by atoms with Crippen molar-refractivity contribution in [2.24, 2.45) is 5.16 Å². The van der Waals surface area contributed by atoms with Crippen LogP contribution in [0.15, 0.2) is 52.5 Å². The van der Waals surface area contributed by atoms with Gasteiger partial charge in [0.05, 0.1) is 5.69 Å². The third-order valence-electron chi connectivity index (χ3n) is 4.83. The number of hydrogen-bond acceptors (Lipinski definition) is 8. The Hall–Kier alpha value is -3.40. The molecule has 1 fully saturated rings. The standard InChI is InChI=1S/C21H23N7O2S/c1-15-24-26-27-28(15)20(17-10-6-3-7-11-17)25-30-13-18-14-31-21(22-18)23-19(29)12-16-8-4-2-5-9-16/h3,6-7,10-12,14H,2,4-5,8-9,13H2,1H3,(H,22,23,29)/b25-20+. The Morgan fingerprint density at radius 3 is 2.81 bits per heavy atom. The molecule has 1 aliphatic carbocycles. The van der Waals surface area contributed by atoms with Crippen molar-refractivity contribution in [1.29, 1.82) is 0 Å². The number of benzene rings is 1. The van der Waals surface area contributed by atoms with Gasteiger partial charge in [-0.3, -0.25) is 10.1 Å². The summed E-state index contributed by atoms with van der Waals surface area (Å²) in [4.78, 5) is 22.2. The highest BCUT2D eigenvalue weighted by Crippen LogP contribution is 2.23. The highest BCUT2D eigenvalue weighted by molar-refractivity contribution is 7.13. The molecule has 3 aromatic rings. The van der Waals surface area contributed by atoms with E-state index < -0.39 is 0 Å². The molecule has 1 aromatic carbocycles. The third kappa shape index (κ3) is 5.60. The van der Waals surface area contributed by atoms with Crippen LogP contribution in [0, 0.1) is 6.92 Å². The Labute approximate surface area is 183 Å². The van der Waals surface area contributed by atoms with E-state index in [4.69, 9.17) is 4.84 Å². The second-order valence-corrected chi connectivity index (χ2v) is 8.05. The van der Waals surface area contributed by atoms with Gasteiger partial charge < -0.3 is 4.84 Å². The lowest BCUT2D eigenvalue weighted by molar-refractivity contribution is -0.112. The van der Waals surface area contributed by atoms with Gasteiger partial charge in [-0.25, -0.2) is 4.98 Å². The summed E-state index contributed by atoms with van der Waals surface area (Å²) in [6.07, 6.45) is 7.29. The van der Waals surface area contributed by atoms with Gasteiger partial charge in [-0.15, -0.1) is 16.4 Å². The largest absolute Gasteiger partial charge is 0.387 e. The first kappa shape index (κ1) is 20.9. The summed E-state index contributed by atoms with van der Waals surface area (Å²) in [7, 11) is 0. The van der Waals surface area contributed by atoms with E-state index in [9.17, 15) is 4.79 Å². The number of aromatic nitrogens is 5. The summed E-state index contributed by atoms with van der Waals surface area (Å²) in [5.74, 6) is 0.945. The average Bonchev–Trinajstić information content (AvgIpc) is 3.41. The van der Waals surface area contributed by atoms with Crippen molar-refractivity contribution in [3.63, 3.8) is 0 Å². The number of hydrogen-bond donors (Lipinski definition) is 1. The fourth-order valence-electron chi connectivity index (χ4n) is 3.30. The lowest BCUT2D eigenvalue weighted by Gasteiger charge is -2.12. The summed E-state index contributed by atoms with van der Waals surface area (Å²) >= 11 is 1.36. The molecular formula is C21H23N7O2S. The number of allylic oxidation sites excluding steroid dienone is 1. The maximum atomic E-state index is 12.2. The maximum Gasteiger partial charge on any atom is 0.250 e. The Bertz CT molecular complexity index is 1080. The highest BCUT2D eigenvalue weighted by atomic mass is 32.1. The fraction of sp³-hybridized carbons (Fsp3) is 0.333. The van der Waals surface area contributed by atoms with Crippen LogP contribution in [0.4, 0.5) is 5.13 Å². The number of aryl methyl sites for hydroxylation is 1. The summed E-state index contributed by atoms with van der Waals surface area (Å²) < 4.78 is 1.51. The molecule has 0 bridgehead atoms. The number of amides is 1. The van der Waals surface area contributed by atoms with E-state index in [-0.39, 0.29) is 12.5 Å². The van der Waals surface area contributed by atoms with Crippen LogP contribution in [0.25, 0.3) is 0 Å². The van der Waals surface area contributed by atoms with Crippen LogP contribution in [0.5, 0.6) is 0 Å². The van der Waals surface area contributed by atoms with Crippen molar-refractivity contribution in [2.45, 2.75) is 45.6 Å². The average molecular weight is 438 g/mol. The minimum absolute atomic E-state index is 0.128. The fourth-order valence-corrected chi connectivity index (χ4v) is 3.99. The zero-order valence-corrected chi connectivity index (χ0v) is 18.0. The lowest BCUT2D eigenvalue weighted by Crippen LogP contribution is -2.17. The van der Waals surface area contributed by atoms with Gasteiger partial charge in [0, 0.05) is 17.0 Å². The van der Waals surface area contributed by atoms with E-state index in [1.54, 1.807) is 13.0 Å². The quantitative estimate of drug-likeness (QED) is 0.273. The number of thiazole rings is 1. The summed E-state index contributed by atoms with van der Waals surface area (Å²) in [6, 6.07) is 9.54. The van der Waals surface area contributed by atoms with Crippen LogP contribution >= 0.6 is 11.3 Å². The molecule has 0 atom stereocenters. The van der Waals surface area contributed by atoms with Gasteiger partial charge in [0.15, 0.2) is 17.6 Å². The molecule has 1 amide bonds. The first-order valence-electron chi connectivity index (χ1n) is 10.1. The Morgan fingerprint density at radius 1 is 1.26 bits per heavy atom. The zero-order valence-electron chi connectivity index (χ0n) is 17.2. The van der Waals surface area contributed by atoms with Crippen molar-refractivity contribution in [3.05, 3.63) is 64.4 Å². The number of anilines is 1. The first-order valence-corrected chi connectivity index (χ1v) is 11.0. The topological polar surface area (TPSA) is 107 Å². The molecule has 0 unspecified atom stereocenters. The number of nitrogens with one attached hydrogen (secondary N) is 1. The van der Waals surface area contributed by atoms with Crippen molar-refractivity contribution in [2.75, 3.05) is 5.32 Å². The second kappa shape index (κ2) is 10.1. The molecule has 10 heteroatoms. The Balaban J connectivity index is 1.39. The Morgan fingerprint density at radius 2 is 2.06 bits per heavy atom. The van der Waals surface area contributed by atoms with Gasteiger partial charge in [0.25, 0.3) is 0 Å². The van der Waals surface area contributed by atoms with Crippen LogP contribution in [-0.2, 0) is 16.2 Å². The van der Waals surface area contributed by atoms with Crippen molar-refractivity contribution < 1.29 is 9.63 Å². The third-order valence-corrected chi connectivity index (χ3v) is 5.64. The number of carbonyl (C=O) groups is 1. The van der Waals surface area contributed by atoms with Gasteiger partial charge in [0.1, 0.15) is 0 Å². The van der Waals surface area contributed by atoms with Crippen LogP contribution in [0.1, 0.15) is 49.2 Å². The molecule has 31 heavy (non-hydrogen) atoms. The normalized spacial score (nSPS) is 14.4. The molecule has 9 nitrogen and oxygen atoms in total. The minimum Gasteiger partial charge on any atom is -0.387 e. The van der Waals surface area contributed by atoms with Crippen LogP contribution in [0.3, 0.4) is 0 Å². The molecule has 2 heterocycles. The molecule has 0 saturated heterocycles. The lowest BCUT2D eigenvalue weighted by atomic mass is 9.95. The molecule has 160 valence electrons. The number of oxime groups is 1. The number of rotatable bonds is 6. The monoisotopic (exact) mass is 437 g/mol. The zero-order chi connectivity index (χ0) is 21.5. The van der Waals surface area contributed by atoms with E-state index >= 15 is 0 Å². The molecular weight excluding hydrogens is 414 g/mol. The highest BCUT2D eigenvalue weighted by Gasteiger charge is 2.13. The predicted molar refractivity (Wildman–Crippen MR) is 118 cm³/mol. The molecule has 0 spiro atoms. The van der Waals surface area contributed by atoms with Gasteiger partial charge in [-0.05, 0) is 43.0 Å². The van der Waals surface area contributed by atoms with E-state index in [1.165, 1.54) is 28.0 Å². The molecule has 0 radical (unpaired) electrons. The molecule has 0 aliphatic heterocycles. The van der Waals surface area contributed by atoms with Gasteiger partial charge in [-0.1, -0.05) is 47.5 Å². The Kier molecular flexibility index (Phi) is 6.78. The number of carbonyl (C=O) groups excluding carboxylic acids is 1. The van der Waals surface area contributed by atoms with E-state index in [2.05, 4.69) is 31.0 Å². The summed E-state index contributed by atoms with van der Waals surface area (Å²) in [6.45, 7) is 1.95. The smallest absolute Gasteiger partial charge is 0.250 e. The van der Waals surface area contributed by atoms with Gasteiger partial charge >= 0.3 is 0 Å². The van der Waals surface area contributed by atoms with Gasteiger partial charge in [-0.2, -0.15) is 4.68 Å². The van der Waals surface area contributed by atoms with E-state index in [0.717, 1.165) is 31.2 Å². The predicted octanol–water partition coefficient (Wildman–Crippen LogP) is 3.69. The summed E-state index contributed by atoms with van der Waals surface area (Å²) in [5.41, 5.74) is 2.71. The van der Waals surface area contributed by atoms with E-state index in [1.807, 2.05) is 35.7 Å². The molecule has 1 saturated carbocycles. The van der Waals surface area contributed by atoms with Crippen LogP contribution in [0.2, 0.25) is 0 Å². The summed E-state index contributed by atoms with van der Waals surface area (Å²) in [5, 5.41) is 21.0. The molecule has 4 rings (SSSR count).